The highest BCUT2D eigenvalue weighted by Gasteiger charge is 2.19. The van der Waals surface area contributed by atoms with Gasteiger partial charge in [0.05, 0.1) is 4.99 Å². The van der Waals surface area contributed by atoms with E-state index in [1.165, 1.54) is 12.1 Å². The van der Waals surface area contributed by atoms with Crippen molar-refractivity contribution in [2.24, 2.45) is 11.7 Å². The highest BCUT2D eigenvalue weighted by molar-refractivity contribution is 7.80. The lowest BCUT2D eigenvalue weighted by atomic mass is 10.1. The first-order valence-corrected chi connectivity index (χ1v) is 6.00. The van der Waals surface area contributed by atoms with Gasteiger partial charge in [0.15, 0.2) is 0 Å². The Balaban J connectivity index is 2.82. The lowest BCUT2D eigenvalue weighted by Gasteiger charge is -2.23. The van der Waals surface area contributed by atoms with E-state index in [9.17, 15) is 9.59 Å². The van der Waals surface area contributed by atoms with Crippen LogP contribution in [-0.2, 0) is 0 Å². The summed E-state index contributed by atoms with van der Waals surface area (Å²) in [5.74, 6) is -0.316. The highest BCUT2D eigenvalue weighted by atomic mass is 32.1. The number of thiocarbonyl (C=S) groups is 1. The number of nitrogens with two attached hydrogens (primary N) is 1. The Morgan fingerprint density at radius 3 is 2.72 bits per heavy atom. The van der Waals surface area contributed by atoms with Crippen molar-refractivity contribution in [2.45, 2.75) is 13.8 Å². The molecule has 0 saturated heterocycles. The number of H-pyrrole nitrogens is 1. The van der Waals surface area contributed by atoms with E-state index in [-0.39, 0.29) is 23.1 Å². The van der Waals surface area contributed by atoms with Gasteiger partial charge in [-0.3, -0.25) is 9.59 Å². The first-order chi connectivity index (χ1) is 8.45. The van der Waals surface area contributed by atoms with Crippen molar-refractivity contribution >= 4 is 23.1 Å². The van der Waals surface area contributed by atoms with Crippen LogP contribution in [0.15, 0.2) is 16.9 Å². The second kappa shape index (κ2) is 6.25. The number of nitrogens with one attached hydrogen (secondary N) is 1. The minimum Gasteiger partial charge on any atom is -0.393 e. The molecule has 0 spiro atoms. The summed E-state index contributed by atoms with van der Waals surface area (Å²) >= 11 is 4.88. The first-order valence-electron chi connectivity index (χ1n) is 5.60. The summed E-state index contributed by atoms with van der Waals surface area (Å²) in [5, 5.41) is 5.94. The predicted octanol–water partition coefficient (Wildman–Crippen LogP) is 0.154. The smallest absolute Gasteiger partial charge is 0.274 e. The number of hydrogen-bond acceptors (Lipinski definition) is 4. The molecule has 0 radical (unpaired) electrons. The Morgan fingerprint density at radius 2 is 2.28 bits per heavy atom. The number of hydrogen-bond donors (Lipinski definition) is 2. The zero-order chi connectivity index (χ0) is 13.7. The second-order valence-corrected chi connectivity index (χ2v) is 4.43. The van der Waals surface area contributed by atoms with E-state index in [4.69, 9.17) is 18.0 Å². The molecule has 1 amide bonds. The van der Waals surface area contributed by atoms with Crippen molar-refractivity contribution in [1.82, 2.24) is 15.1 Å². The number of nitrogens with zero attached hydrogens (tertiary/aromatic N) is 2. The largest absolute Gasteiger partial charge is 0.393 e. The summed E-state index contributed by atoms with van der Waals surface area (Å²) < 4.78 is 0. The zero-order valence-corrected chi connectivity index (χ0v) is 11.2. The molecule has 0 saturated carbocycles. The van der Waals surface area contributed by atoms with Crippen LogP contribution in [0.25, 0.3) is 0 Å². The van der Waals surface area contributed by atoms with Gasteiger partial charge in [0.2, 0.25) is 0 Å². The van der Waals surface area contributed by atoms with Gasteiger partial charge in [-0.25, -0.2) is 5.10 Å². The van der Waals surface area contributed by atoms with Crippen molar-refractivity contribution in [3.05, 3.63) is 28.2 Å². The van der Waals surface area contributed by atoms with Crippen LogP contribution in [-0.4, -0.2) is 39.1 Å². The number of aromatic nitrogens is 2. The quantitative estimate of drug-likeness (QED) is 0.742. The molecule has 1 heterocycles. The fourth-order valence-corrected chi connectivity index (χ4v) is 1.48. The van der Waals surface area contributed by atoms with Gasteiger partial charge in [0.1, 0.15) is 5.69 Å². The van der Waals surface area contributed by atoms with Gasteiger partial charge in [-0.2, -0.15) is 5.10 Å². The molecule has 0 aliphatic carbocycles. The summed E-state index contributed by atoms with van der Waals surface area (Å²) in [5.41, 5.74) is 5.39. The molecule has 98 valence electrons. The van der Waals surface area contributed by atoms with Gasteiger partial charge in [0.25, 0.3) is 11.5 Å². The monoisotopic (exact) mass is 268 g/mol. The van der Waals surface area contributed by atoms with E-state index in [0.717, 1.165) is 0 Å². The molecule has 1 aromatic heterocycles. The molecule has 0 aliphatic rings. The Bertz CT molecular complexity index is 480. The summed E-state index contributed by atoms with van der Waals surface area (Å²) in [7, 11) is 0. The molecule has 1 rings (SSSR count). The van der Waals surface area contributed by atoms with Gasteiger partial charge < -0.3 is 10.6 Å². The van der Waals surface area contributed by atoms with Crippen molar-refractivity contribution in [3.63, 3.8) is 0 Å². The Kier molecular flexibility index (Phi) is 4.96. The van der Waals surface area contributed by atoms with Crippen molar-refractivity contribution in [3.8, 4) is 0 Å². The Morgan fingerprint density at radius 1 is 1.61 bits per heavy atom. The third-order valence-corrected chi connectivity index (χ3v) is 2.95. The van der Waals surface area contributed by atoms with Crippen molar-refractivity contribution < 1.29 is 4.79 Å². The fraction of sp³-hybridized carbons (Fsp3) is 0.455. The molecule has 1 aromatic rings. The van der Waals surface area contributed by atoms with Gasteiger partial charge in [0, 0.05) is 25.1 Å². The molecular weight excluding hydrogens is 252 g/mol. The Labute approximate surface area is 110 Å². The van der Waals surface area contributed by atoms with Gasteiger partial charge in [-0.1, -0.05) is 19.1 Å². The van der Waals surface area contributed by atoms with Crippen LogP contribution in [0.4, 0.5) is 0 Å². The number of rotatable bonds is 5. The SMILES string of the molecule is CCN(CC(C)C(N)=S)C(=O)c1ccc(=O)[nH]n1. The van der Waals surface area contributed by atoms with Crippen LogP contribution in [0.3, 0.4) is 0 Å². The van der Waals surface area contributed by atoms with Crippen LogP contribution >= 0.6 is 12.2 Å². The molecule has 3 N–H and O–H groups in total. The average Bonchev–Trinajstić information content (AvgIpc) is 2.35. The van der Waals surface area contributed by atoms with Crippen LogP contribution in [0.5, 0.6) is 0 Å². The van der Waals surface area contributed by atoms with Crippen LogP contribution in [0.2, 0.25) is 0 Å². The number of aromatic amines is 1. The number of carbonyl (C=O) groups is 1. The topological polar surface area (TPSA) is 92.1 Å². The van der Waals surface area contributed by atoms with Crippen LogP contribution in [0, 0.1) is 5.92 Å². The van der Waals surface area contributed by atoms with E-state index >= 15 is 0 Å². The molecule has 0 aromatic carbocycles. The minimum absolute atomic E-state index is 0.0633. The Hall–Kier alpha value is -1.76. The van der Waals surface area contributed by atoms with Crippen LogP contribution < -0.4 is 11.3 Å². The molecule has 1 unspecified atom stereocenters. The zero-order valence-electron chi connectivity index (χ0n) is 10.3. The standard InChI is InChI=1S/C11H16N4O2S/c1-3-15(6-7(2)10(12)18)11(17)8-4-5-9(16)14-13-8/h4-5,7H,3,6H2,1-2H3,(H2,12,18)(H,14,16). The van der Waals surface area contributed by atoms with Crippen molar-refractivity contribution in [2.75, 3.05) is 13.1 Å². The van der Waals surface area contributed by atoms with Gasteiger partial charge in [-0.15, -0.1) is 0 Å². The summed E-state index contributed by atoms with van der Waals surface area (Å²) in [4.78, 5) is 24.9. The van der Waals surface area contributed by atoms with E-state index < -0.39 is 0 Å². The summed E-state index contributed by atoms with van der Waals surface area (Å²) in [6, 6.07) is 2.67. The van der Waals surface area contributed by atoms with E-state index in [1.54, 1.807) is 4.90 Å². The molecule has 0 bridgehead atoms. The minimum atomic E-state index is -0.342. The maximum Gasteiger partial charge on any atom is 0.274 e. The van der Waals surface area contributed by atoms with Gasteiger partial charge >= 0.3 is 0 Å². The molecule has 18 heavy (non-hydrogen) atoms. The lowest BCUT2D eigenvalue weighted by Crippen LogP contribution is -2.38. The summed E-state index contributed by atoms with van der Waals surface area (Å²) in [6.07, 6.45) is 0. The lowest BCUT2D eigenvalue weighted by molar-refractivity contribution is 0.0747. The normalized spacial score (nSPS) is 11.9. The summed E-state index contributed by atoms with van der Waals surface area (Å²) in [6.45, 7) is 4.67. The van der Waals surface area contributed by atoms with Gasteiger partial charge in [-0.05, 0) is 13.0 Å². The maximum atomic E-state index is 12.1. The maximum absolute atomic E-state index is 12.1. The second-order valence-electron chi connectivity index (χ2n) is 3.95. The molecular formula is C11H16N4O2S. The first kappa shape index (κ1) is 14.3. The highest BCUT2D eigenvalue weighted by Crippen LogP contribution is 2.05. The van der Waals surface area contributed by atoms with Crippen LogP contribution in [0.1, 0.15) is 24.3 Å². The molecule has 0 fully saturated rings. The van der Waals surface area contributed by atoms with E-state index in [2.05, 4.69) is 10.2 Å². The predicted molar refractivity (Wildman–Crippen MR) is 72.4 cm³/mol. The fourth-order valence-electron chi connectivity index (χ4n) is 1.40. The molecule has 6 nitrogen and oxygen atoms in total. The van der Waals surface area contributed by atoms with E-state index in [1.807, 2.05) is 13.8 Å². The van der Waals surface area contributed by atoms with E-state index in [0.29, 0.717) is 18.1 Å². The number of amides is 1. The third-order valence-electron chi connectivity index (χ3n) is 2.55. The average molecular weight is 268 g/mol. The molecule has 1 atom stereocenters. The molecule has 0 aliphatic heterocycles. The number of carbonyl (C=O) groups excluding carboxylic acids is 1. The molecule has 7 heteroatoms. The third kappa shape index (κ3) is 3.63. The van der Waals surface area contributed by atoms with Crippen molar-refractivity contribution in [1.29, 1.82) is 0 Å².